The van der Waals surface area contributed by atoms with E-state index in [4.69, 9.17) is 9.72 Å². The standard InChI is InChI=1S/C24H31FN4O/c1-5-20-24(28(12-6-10-25)15-18-7-8-18)29-23(27-20)19(9-11-26-29)22-17(3)13-16(2)14-21(22)30-4/h9,11,13-14,18H,5-8,10,12,15H2,1-4H3. The predicted molar refractivity (Wildman–Crippen MR) is 119 cm³/mol. The first kappa shape index (κ1) is 20.6. The van der Waals surface area contributed by atoms with Crippen LogP contribution in [0.15, 0.2) is 24.4 Å². The van der Waals surface area contributed by atoms with Crippen LogP contribution >= 0.6 is 0 Å². The molecule has 2 aromatic heterocycles. The molecule has 0 aliphatic heterocycles. The molecule has 30 heavy (non-hydrogen) atoms. The van der Waals surface area contributed by atoms with Crippen molar-refractivity contribution in [2.75, 3.05) is 31.8 Å². The molecule has 1 saturated carbocycles. The lowest BCUT2D eigenvalue weighted by molar-refractivity contribution is 0.416. The van der Waals surface area contributed by atoms with Gasteiger partial charge in [0, 0.05) is 30.4 Å². The fourth-order valence-corrected chi connectivity index (χ4v) is 4.31. The van der Waals surface area contributed by atoms with Crippen LogP contribution in [0.5, 0.6) is 5.75 Å². The normalized spacial score (nSPS) is 13.8. The monoisotopic (exact) mass is 410 g/mol. The molecule has 0 saturated heterocycles. The van der Waals surface area contributed by atoms with Gasteiger partial charge in [0.05, 0.1) is 19.5 Å². The van der Waals surface area contributed by atoms with Gasteiger partial charge in [0.25, 0.3) is 0 Å². The number of hydrogen-bond donors (Lipinski definition) is 0. The maximum absolute atomic E-state index is 13.0. The van der Waals surface area contributed by atoms with Gasteiger partial charge in [-0.2, -0.15) is 9.61 Å². The van der Waals surface area contributed by atoms with E-state index in [1.54, 1.807) is 7.11 Å². The van der Waals surface area contributed by atoms with Crippen molar-refractivity contribution in [2.24, 2.45) is 5.92 Å². The first-order valence-electron chi connectivity index (χ1n) is 10.9. The Labute approximate surface area is 177 Å². The number of benzene rings is 1. The van der Waals surface area contributed by atoms with Gasteiger partial charge in [-0.1, -0.05) is 13.0 Å². The van der Waals surface area contributed by atoms with Crippen LogP contribution in [0.25, 0.3) is 16.8 Å². The summed E-state index contributed by atoms with van der Waals surface area (Å²) in [6, 6.07) is 6.24. The Morgan fingerprint density at radius 2 is 2.07 bits per heavy atom. The van der Waals surface area contributed by atoms with E-state index in [-0.39, 0.29) is 6.67 Å². The van der Waals surface area contributed by atoms with Crippen molar-refractivity contribution < 1.29 is 9.13 Å². The summed E-state index contributed by atoms with van der Waals surface area (Å²) in [4.78, 5) is 7.31. The molecule has 0 unspecified atom stereocenters. The number of hydrogen-bond acceptors (Lipinski definition) is 4. The van der Waals surface area contributed by atoms with Gasteiger partial charge in [0.1, 0.15) is 5.75 Å². The van der Waals surface area contributed by atoms with Gasteiger partial charge >= 0.3 is 0 Å². The summed E-state index contributed by atoms with van der Waals surface area (Å²) in [7, 11) is 1.71. The van der Waals surface area contributed by atoms with Crippen LogP contribution in [0.4, 0.5) is 10.2 Å². The summed E-state index contributed by atoms with van der Waals surface area (Å²) >= 11 is 0. The van der Waals surface area contributed by atoms with E-state index in [9.17, 15) is 4.39 Å². The molecule has 1 aromatic carbocycles. The molecule has 1 aliphatic carbocycles. The number of alkyl halides is 1. The number of anilines is 1. The molecular weight excluding hydrogens is 379 g/mol. The predicted octanol–water partition coefficient (Wildman–Crippen LogP) is 5.16. The number of aryl methyl sites for hydroxylation is 3. The van der Waals surface area contributed by atoms with Gasteiger partial charge in [0.15, 0.2) is 11.5 Å². The van der Waals surface area contributed by atoms with Gasteiger partial charge in [-0.15, -0.1) is 0 Å². The molecule has 3 aromatic rings. The second-order valence-electron chi connectivity index (χ2n) is 8.31. The van der Waals surface area contributed by atoms with Crippen molar-refractivity contribution >= 4 is 11.5 Å². The Kier molecular flexibility index (Phi) is 5.93. The largest absolute Gasteiger partial charge is 0.496 e. The van der Waals surface area contributed by atoms with Crippen molar-refractivity contribution in [1.82, 2.24) is 14.6 Å². The molecule has 0 amide bonds. The first-order valence-corrected chi connectivity index (χ1v) is 10.9. The molecule has 1 aliphatic rings. The van der Waals surface area contributed by atoms with Crippen LogP contribution < -0.4 is 9.64 Å². The zero-order valence-corrected chi connectivity index (χ0v) is 18.4. The van der Waals surface area contributed by atoms with Crippen molar-refractivity contribution in [1.29, 1.82) is 0 Å². The topological polar surface area (TPSA) is 42.7 Å². The zero-order valence-electron chi connectivity index (χ0n) is 18.4. The van der Waals surface area contributed by atoms with Crippen LogP contribution in [0.1, 0.15) is 43.0 Å². The SMILES string of the molecule is CCc1nc2c(-c3c(C)cc(C)cc3OC)ccnn2c1N(CCCF)CC1CC1. The number of halogens is 1. The lowest BCUT2D eigenvalue weighted by Crippen LogP contribution is -2.29. The molecule has 160 valence electrons. The first-order chi connectivity index (χ1) is 14.6. The fourth-order valence-electron chi connectivity index (χ4n) is 4.31. The number of nitrogens with zero attached hydrogens (tertiary/aromatic N) is 4. The lowest BCUT2D eigenvalue weighted by atomic mass is 9.98. The minimum absolute atomic E-state index is 0.308. The Balaban J connectivity index is 1.89. The summed E-state index contributed by atoms with van der Waals surface area (Å²) in [6.45, 7) is 7.62. The van der Waals surface area contributed by atoms with Crippen LogP contribution in [-0.4, -0.2) is 41.5 Å². The number of methoxy groups -OCH3 is 1. The summed E-state index contributed by atoms with van der Waals surface area (Å²) in [5.74, 6) is 2.55. The van der Waals surface area contributed by atoms with Gasteiger partial charge in [-0.25, -0.2) is 4.98 Å². The maximum atomic E-state index is 13.0. The quantitative estimate of drug-likeness (QED) is 0.489. The van der Waals surface area contributed by atoms with Crippen LogP contribution in [0.2, 0.25) is 0 Å². The van der Waals surface area contributed by atoms with E-state index < -0.39 is 0 Å². The van der Waals surface area contributed by atoms with Crippen LogP contribution in [0, 0.1) is 19.8 Å². The third-order valence-electron chi connectivity index (χ3n) is 5.87. The molecule has 2 heterocycles. The highest BCUT2D eigenvalue weighted by molar-refractivity contribution is 5.85. The van der Waals surface area contributed by atoms with E-state index >= 15 is 0 Å². The lowest BCUT2D eigenvalue weighted by Gasteiger charge is -2.24. The van der Waals surface area contributed by atoms with Gasteiger partial charge < -0.3 is 9.64 Å². The van der Waals surface area contributed by atoms with E-state index in [1.807, 2.05) is 16.8 Å². The third-order valence-corrected chi connectivity index (χ3v) is 5.87. The molecule has 4 rings (SSSR count). The average Bonchev–Trinajstić information content (AvgIpc) is 3.47. The Morgan fingerprint density at radius 3 is 2.73 bits per heavy atom. The van der Waals surface area contributed by atoms with Crippen molar-refractivity contribution in [3.63, 3.8) is 0 Å². The highest BCUT2D eigenvalue weighted by Crippen LogP contribution is 2.38. The second kappa shape index (κ2) is 8.62. The number of aromatic nitrogens is 3. The minimum Gasteiger partial charge on any atom is -0.496 e. The maximum Gasteiger partial charge on any atom is 0.164 e. The number of ether oxygens (including phenoxy) is 1. The van der Waals surface area contributed by atoms with Crippen LogP contribution in [-0.2, 0) is 6.42 Å². The summed E-state index contributed by atoms with van der Waals surface area (Å²) in [6.07, 6.45) is 5.66. The molecule has 0 radical (unpaired) electrons. The van der Waals surface area contributed by atoms with Gasteiger partial charge in [-0.05, 0) is 68.7 Å². The number of imidazole rings is 1. The van der Waals surface area contributed by atoms with E-state index in [0.717, 1.165) is 52.6 Å². The highest BCUT2D eigenvalue weighted by Gasteiger charge is 2.28. The Bertz CT molecular complexity index is 1040. The van der Waals surface area contributed by atoms with Crippen molar-refractivity contribution in [2.45, 2.75) is 46.5 Å². The Hall–Kier alpha value is -2.63. The average molecular weight is 411 g/mol. The molecule has 0 bridgehead atoms. The third kappa shape index (κ3) is 3.87. The highest BCUT2D eigenvalue weighted by atomic mass is 19.1. The van der Waals surface area contributed by atoms with Crippen molar-refractivity contribution in [3.8, 4) is 16.9 Å². The van der Waals surface area contributed by atoms with E-state index in [0.29, 0.717) is 18.9 Å². The van der Waals surface area contributed by atoms with Gasteiger partial charge in [-0.3, -0.25) is 4.39 Å². The second-order valence-corrected chi connectivity index (χ2v) is 8.31. The number of rotatable bonds is 9. The molecule has 0 atom stereocenters. The molecular formula is C24H31FN4O. The number of fused-ring (bicyclic) bond motifs is 1. The van der Waals surface area contributed by atoms with E-state index in [2.05, 4.69) is 42.9 Å². The summed E-state index contributed by atoms with van der Waals surface area (Å²) in [5, 5.41) is 4.67. The minimum atomic E-state index is -0.308. The molecule has 6 heteroatoms. The molecule has 1 fully saturated rings. The summed E-state index contributed by atoms with van der Waals surface area (Å²) in [5.41, 5.74) is 6.21. The molecule has 0 N–H and O–H groups in total. The zero-order chi connectivity index (χ0) is 21.3. The van der Waals surface area contributed by atoms with Crippen molar-refractivity contribution in [3.05, 3.63) is 41.2 Å². The van der Waals surface area contributed by atoms with Gasteiger partial charge in [0.2, 0.25) is 0 Å². The van der Waals surface area contributed by atoms with E-state index in [1.165, 1.54) is 18.4 Å². The Morgan fingerprint density at radius 1 is 1.27 bits per heavy atom. The molecule has 5 nitrogen and oxygen atoms in total. The van der Waals surface area contributed by atoms with Crippen LogP contribution in [0.3, 0.4) is 0 Å². The smallest absolute Gasteiger partial charge is 0.164 e. The molecule has 0 spiro atoms. The summed E-state index contributed by atoms with van der Waals surface area (Å²) < 4.78 is 20.7. The fraction of sp³-hybridized carbons (Fsp3) is 0.500.